The Bertz CT molecular complexity index is 702. The monoisotopic (exact) mass is 340 g/mol. The van der Waals surface area contributed by atoms with Crippen LogP contribution in [0.2, 0.25) is 0 Å². The zero-order valence-corrected chi connectivity index (χ0v) is 13.7. The summed E-state index contributed by atoms with van der Waals surface area (Å²) in [5.74, 6) is -1.60. The molecule has 1 fully saturated rings. The van der Waals surface area contributed by atoms with Crippen LogP contribution in [0.25, 0.3) is 0 Å². The molecule has 0 spiro atoms. The summed E-state index contributed by atoms with van der Waals surface area (Å²) < 4.78 is 24.5. The van der Waals surface area contributed by atoms with E-state index in [9.17, 15) is 18.0 Å². The van der Waals surface area contributed by atoms with Crippen molar-refractivity contribution in [3.8, 4) is 0 Å². The summed E-state index contributed by atoms with van der Waals surface area (Å²) in [6.45, 7) is 0.860. The van der Waals surface area contributed by atoms with Crippen LogP contribution in [0.1, 0.15) is 28.8 Å². The molecule has 1 saturated heterocycles. The standard InChI is InChI=1S/C15H20N2O5S/c1-23(21,22)17-7-3-6-13(10-17)14(18)16-9-11-4-2-5-12(8-11)15(19)20/h2,4-5,8,13H,3,6-7,9-10H2,1H3,(H,16,18)(H,19,20)/t13-/m0/s1. The van der Waals surface area contributed by atoms with E-state index in [0.717, 1.165) is 6.26 Å². The lowest BCUT2D eigenvalue weighted by atomic mass is 9.98. The van der Waals surface area contributed by atoms with Gasteiger partial charge >= 0.3 is 5.97 Å². The maximum absolute atomic E-state index is 12.2. The van der Waals surface area contributed by atoms with E-state index in [2.05, 4.69) is 5.32 Å². The van der Waals surface area contributed by atoms with Gasteiger partial charge in [-0.15, -0.1) is 0 Å². The molecule has 23 heavy (non-hydrogen) atoms. The third-order valence-corrected chi connectivity index (χ3v) is 5.13. The van der Waals surface area contributed by atoms with E-state index in [1.165, 1.54) is 16.4 Å². The zero-order valence-electron chi connectivity index (χ0n) is 12.9. The number of sulfonamides is 1. The molecule has 8 heteroatoms. The number of nitrogens with one attached hydrogen (secondary N) is 1. The van der Waals surface area contributed by atoms with Gasteiger partial charge in [-0.1, -0.05) is 12.1 Å². The van der Waals surface area contributed by atoms with Gasteiger partial charge in [0.15, 0.2) is 0 Å². The largest absolute Gasteiger partial charge is 0.478 e. The molecular weight excluding hydrogens is 320 g/mol. The zero-order chi connectivity index (χ0) is 17.0. The van der Waals surface area contributed by atoms with Crippen LogP contribution in [0.3, 0.4) is 0 Å². The summed E-state index contributed by atoms with van der Waals surface area (Å²) in [7, 11) is -3.29. The van der Waals surface area contributed by atoms with Crippen molar-refractivity contribution < 1.29 is 23.1 Å². The molecule has 1 atom stereocenters. The number of carboxylic acid groups (broad SMARTS) is 1. The van der Waals surface area contributed by atoms with Crippen molar-refractivity contribution in [2.45, 2.75) is 19.4 Å². The number of hydrogen-bond acceptors (Lipinski definition) is 4. The molecule has 1 aromatic rings. The van der Waals surface area contributed by atoms with E-state index in [0.29, 0.717) is 24.9 Å². The van der Waals surface area contributed by atoms with Crippen LogP contribution in [-0.4, -0.2) is 49.1 Å². The highest BCUT2D eigenvalue weighted by Crippen LogP contribution is 2.19. The number of carboxylic acids is 1. The van der Waals surface area contributed by atoms with Gasteiger partial charge in [-0.2, -0.15) is 0 Å². The Balaban J connectivity index is 1.94. The second-order valence-corrected chi connectivity index (χ2v) is 7.67. The number of rotatable bonds is 5. The molecule has 0 aliphatic carbocycles. The minimum atomic E-state index is -3.29. The average Bonchev–Trinajstić information content (AvgIpc) is 2.52. The molecule has 0 aromatic heterocycles. The van der Waals surface area contributed by atoms with Crippen molar-refractivity contribution in [2.24, 2.45) is 5.92 Å². The lowest BCUT2D eigenvalue weighted by Crippen LogP contribution is -2.44. The summed E-state index contributed by atoms with van der Waals surface area (Å²) in [5.41, 5.74) is 0.853. The van der Waals surface area contributed by atoms with Gasteiger partial charge in [0.1, 0.15) is 0 Å². The van der Waals surface area contributed by atoms with Crippen LogP contribution in [0.15, 0.2) is 24.3 Å². The van der Waals surface area contributed by atoms with Gasteiger partial charge in [-0.25, -0.2) is 17.5 Å². The quantitative estimate of drug-likeness (QED) is 0.820. The molecule has 0 bridgehead atoms. The molecule has 0 unspecified atom stereocenters. The molecule has 0 radical (unpaired) electrons. The first kappa shape index (κ1) is 17.4. The van der Waals surface area contributed by atoms with Gasteiger partial charge in [0.05, 0.1) is 17.7 Å². The highest BCUT2D eigenvalue weighted by atomic mass is 32.2. The first-order chi connectivity index (χ1) is 10.8. The van der Waals surface area contributed by atoms with E-state index in [4.69, 9.17) is 5.11 Å². The predicted molar refractivity (Wildman–Crippen MR) is 84.4 cm³/mol. The van der Waals surface area contributed by atoms with Gasteiger partial charge in [0.25, 0.3) is 0 Å². The lowest BCUT2D eigenvalue weighted by Gasteiger charge is -2.30. The van der Waals surface area contributed by atoms with E-state index in [-0.39, 0.29) is 30.5 Å². The predicted octanol–water partition coefficient (Wildman–Crippen LogP) is 0.673. The maximum Gasteiger partial charge on any atom is 0.335 e. The number of amides is 1. The van der Waals surface area contributed by atoms with Crippen molar-refractivity contribution >= 4 is 21.9 Å². The Morgan fingerprint density at radius 2 is 2.13 bits per heavy atom. The first-order valence-corrected chi connectivity index (χ1v) is 9.17. The number of benzene rings is 1. The number of hydrogen-bond donors (Lipinski definition) is 2. The molecule has 2 rings (SSSR count). The fourth-order valence-electron chi connectivity index (χ4n) is 2.61. The first-order valence-electron chi connectivity index (χ1n) is 7.32. The lowest BCUT2D eigenvalue weighted by molar-refractivity contribution is -0.126. The third kappa shape index (κ3) is 4.77. The molecule has 1 aliphatic rings. The van der Waals surface area contributed by atoms with Crippen molar-refractivity contribution in [2.75, 3.05) is 19.3 Å². The molecule has 0 saturated carbocycles. The van der Waals surface area contributed by atoms with Crippen molar-refractivity contribution in [1.29, 1.82) is 0 Å². The number of aromatic carboxylic acids is 1. The second kappa shape index (κ2) is 7.10. The van der Waals surface area contributed by atoms with Crippen molar-refractivity contribution in [3.05, 3.63) is 35.4 Å². The minimum Gasteiger partial charge on any atom is -0.478 e. The van der Waals surface area contributed by atoms with Crippen molar-refractivity contribution in [3.63, 3.8) is 0 Å². The van der Waals surface area contributed by atoms with Gasteiger partial charge in [-0.05, 0) is 30.5 Å². The second-order valence-electron chi connectivity index (χ2n) is 5.68. The van der Waals surface area contributed by atoms with Crippen LogP contribution >= 0.6 is 0 Å². The Morgan fingerprint density at radius 3 is 2.78 bits per heavy atom. The number of piperidine rings is 1. The smallest absolute Gasteiger partial charge is 0.335 e. The number of carbonyl (C=O) groups excluding carboxylic acids is 1. The summed E-state index contributed by atoms with van der Waals surface area (Å²) in [6.07, 6.45) is 2.44. The maximum atomic E-state index is 12.2. The number of carbonyl (C=O) groups is 2. The molecule has 2 N–H and O–H groups in total. The van der Waals surface area contributed by atoms with Crippen molar-refractivity contribution in [1.82, 2.24) is 9.62 Å². The molecular formula is C15H20N2O5S. The van der Waals surface area contributed by atoms with E-state index >= 15 is 0 Å². The SMILES string of the molecule is CS(=O)(=O)N1CCC[C@H](C(=O)NCc2cccc(C(=O)O)c2)C1. The van der Waals surface area contributed by atoms with Crippen LogP contribution < -0.4 is 5.32 Å². The van der Waals surface area contributed by atoms with E-state index in [1.54, 1.807) is 12.1 Å². The summed E-state index contributed by atoms with van der Waals surface area (Å²) in [6, 6.07) is 6.35. The van der Waals surface area contributed by atoms with Gasteiger partial charge in [0, 0.05) is 19.6 Å². The van der Waals surface area contributed by atoms with Gasteiger partial charge in [-0.3, -0.25) is 4.79 Å². The summed E-state index contributed by atoms with van der Waals surface area (Å²) >= 11 is 0. The van der Waals surface area contributed by atoms with Crippen LogP contribution in [0, 0.1) is 5.92 Å². The molecule has 1 aromatic carbocycles. The molecule has 1 amide bonds. The average molecular weight is 340 g/mol. The topological polar surface area (TPSA) is 104 Å². The normalized spacial score (nSPS) is 19.3. The van der Waals surface area contributed by atoms with Gasteiger partial charge in [0.2, 0.25) is 15.9 Å². The summed E-state index contributed by atoms with van der Waals surface area (Å²) in [4.78, 5) is 23.1. The van der Waals surface area contributed by atoms with Crippen LogP contribution in [0.5, 0.6) is 0 Å². The van der Waals surface area contributed by atoms with E-state index < -0.39 is 16.0 Å². The Kier molecular flexibility index (Phi) is 5.38. The highest BCUT2D eigenvalue weighted by Gasteiger charge is 2.29. The highest BCUT2D eigenvalue weighted by molar-refractivity contribution is 7.88. The van der Waals surface area contributed by atoms with E-state index in [1.807, 2.05) is 0 Å². The fraction of sp³-hybridized carbons (Fsp3) is 0.467. The van der Waals surface area contributed by atoms with Gasteiger partial charge < -0.3 is 10.4 Å². The Labute approximate surface area is 135 Å². The third-order valence-electron chi connectivity index (χ3n) is 3.86. The Morgan fingerprint density at radius 1 is 1.39 bits per heavy atom. The molecule has 7 nitrogen and oxygen atoms in total. The molecule has 126 valence electrons. The minimum absolute atomic E-state index is 0.165. The Hall–Kier alpha value is -1.93. The van der Waals surface area contributed by atoms with Crippen LogP contribution in [-0.2, 0) is 21.4 Å². The molecule has 1 aliphatic heterocycles. The molecule has 1 heterocycles. The fourth-order valence-corrected chi connectivity index (χ4v) is 3.52. The summed E-state index contributed by atoms with van der Waals surface area (Å²) in [5, 5.41) is 11.7. The number of nitrogens with zero attached hydrogens (tertiary/aromatic N) is 1. The van der Waals surface area contributed by atoms with Crippen LogP contribution in [0.4, 0.5) is 0 Å².